The second kappa shape index (κ2) is 5.84. The zero-order chi connectivity index (χ0) is 14.8. The lowest BCUT2D eigenvalue weighted by molar-refractivity contribution is 0.101. The van der Waals surface area contributed by atoms with Gasteiger partial charge in [0.15, 0.2) is 5.78 Å². The summed E-state index contributed by atoms with van der Waals surface area (Å²) in [5.41, 5.74) is 9.39. The molecule has 0 radical (unpaired) electrons. The summed E-state index contributed by atoms with van der Waals surface area (Å²) in [6, 6.07) is 13.9. The molecule has 1 heterocycles. The minimum Gasteiger partial charge on any atom is -0.330 e. The Bertz CT molecular complexity index is 737. The molecule has 0 saturated carbocycles. The Morgan fingerprint density at radius 1 is 1.19 bits per heavy atom. The molecule has 0 aliphatic carbocycles. The summed E-state index contributed by atoms with van der Waals surface area (Å²) < 4.78 is 0. The van der Waals surface area contributed by atoms with Crippen LogP contribution < -0.4 is 5.73 Å². The molecule has 0 fully saturated rings. The van der Waals surface area contributed by atoms with Gasteiger partial charge in [-0.25, -0.2) is 0 Å². The summed E-state index contributed by atoms with van der Waals surface area (Å²) in [7, 11) is 0. The van der Waals surface area contributed by atoms with Crippen LogP contribution in [-0.2, 0) is 0 Å². The van der Waals surface area contributed by atoms with Crippen molar-refractivity contribution in [3.8, 4) is 0 Å². The van der Waals surface area contributed by atoms with Crippen LogP contribution in [0.5, 0.6) is 0 Å². The van der Waals surface area contributed by atoms with Gasteiger partial charge >= 0.3 is 0 Å². The van der Waals surface area contributed by atoms with Crippen LogP contribution in [0, 0.1) is 0 Å². The highest BCUT2D eigenvalue weighted by Crippen LogP contribution is 2.41. The van der Waals surface area contributed by atoms with Crippen molar-refractivity contribution in [3.63, 3.8) is 0 Å². The number of carbonyl (C=O) groups excluding carboxylic acids is 1. The molecule has 0 spiro atoms. The smallest absolute Gasteiger partial charge is 0.159 e. The van der Waals surface area contributed by atoms with E-state index in [1.807, 2.05) is 30.3 Å². The molecule has 0 atom stereocenters. The Morgan fingerprint density at radius 3 is 2.76 bits per heavy atom. The van der Waals surface area contributed by atoms with Gasteiger partial charge in [0.05, 0.1) is 11.4 Å². The molecule has 0 aromatic heterocycles. The van der Waals surface area contributed by atoms with Gasteiger partial charge in [-0.3, -0.25) is 9.79 Å². The lowest BCUT2D eigenvalue weighted by atomic mass is 10.1. The summed E-state index contributed by atoms with van der Waals surface area (Å²) in [5.74, 6) is 0.0557. The van der Waals surface area contributed by atoms with Gasteiger partial charge in [-0.15, -0.1) is 0 Å². The number of nitrogens with two attached hydrogens (primary N) is 1. The van der Waals surface area contributed by atoms with Crippen LogP contribution in [0.3, 0.4) is 0 Å². The fourth-order valence-electron chi connectivity index (χ4n) is 2.36. The molecule has 2 N–H and O–H groups in total. The molecule has 0 amide bonds. The lowest BCUT2D eigenvalue weighted by Crippen LogP contribution is -2.09. The molecule has 3 nitrogen and oxygen atoms in total. The van der Waals surface area contributed by atoms with Crippen molar-refractivity contribution in [2.45, 2.75) is 23.1 Å². The predicted octanol–water partition coefficient (Wildman–Crippen LogP) is 3.82. The SMILES string of the molecule is CC(=O)c1ccc2c(c1)N=C(CCN)c1ccccc1S2. The van der Waals surface area contributed by atoms with Gasteiger partial charge in [0.2, 0.25) is 0 Å². The normalized spacial score (nSPS) is 13.0. The van der Waals surface area contributed by atoms with Crippen molar-refractivity contribution in [1.29, 1.82) is 0 Å². The lowest BCUT2D eigenvalue weighted by Gasteiger charge is -2.07. The molecule has 0 unspecified atom stereocenters. The van der Waals surface area contributed by atoms with Gasteiger partial charge < -0.3 is 5.73 Å². The van der Waals surface area contributed by atoms with Crippen molar-refractivity contribution in [2.75, 3.05) is 6.54 Å². The highest BCUT2D eigenvalue weighted by atomic mass is 32.2. The number of Topliss-reactive ketones (excluding diaryl/α,β-unsaturated/α-hetero) is 1. The van der Waals surface area contributed by atoms with E-state index in [1.165, 1.54) is 4.90 Å². The first-order chi connectivity index (χ1) is 10.2. The maximum absolute atomic E-state index is 11.6. The Labute approximate surface area is 128 Å². The number of rotatable bonds is 3. The van der Waals surface area contributed by atoms with E-state index in [-0.39, 0.29) is 5.78 Å². The maximum Gasteiger partial charge on any atom is 0.159 e. The third-order valence-corrected chi connectivity index (χ3v) is 4.56. The van der Waals surface area contributed by atoms with Crippen LogP contribution in [0.4, 0.5) is 5.69 Å². The molecular formula is C17H16N2OS. The topological polar surface area (TPSA) is 55.5 Å². The van der Waals surface area contributed by atoms with E-state index in [4.69, 9.17) is 10.7 Å². The first kappa shape index (κ1) is 14.0. The fourth-order valence-corrected chi connectivity index (χ4v) is 3.38. The minimum absolute atomic E-state index is 0.0557. The van der Waals surface area contributed by atoms with Crippen LogP contribution in [-0.4, -0.2) is 18.0 Å². The first-order valence-corrected chi connectivity index (χ1v) is 7.70. The largest absolute Gasteiger partial charge is 0.330 e. The average molecular weight is 296 g/mol. The molecule has 1 aliphatic rings. The average Bonchev–Trinajstić information content (AvgIpc) is 2.63. The fraction of sp³-hybridized carbons (Fsp3) is 0.176. The number of hydrogen-bond donors (Lipinski definition) is 1. The molecule has 21 heavy (non-hydrogen) atoms. The Morgan fingerprint density at radius 2 is 2.00 bits per heavy atom. The zero-order valence-electron chi connectivity index (χ0n) is 11.8. The van der Waals surface area contributed by atoms with Gasteiger partial charge in [0.25, 0.3) is 0 Å². The number of fused-ring (bicyclic) bond motifs is 2. The molecule has 2 aromatic rings. The van der Waals surface area contributed by atoms with E-state index in [9.17, 15) is 4.79 Å². The highest BCUT2D eigenvalue weighted by molar-refractivity contribution is 7.99. The summed E-state index contributed by atoms with van der Waals surface area (Å²) in [6.45, 7) is 2.13. The standard InChI is InChI=1S/C17H16N2OS/c1-11(20)12-6-7-17-15(10-12)19-14(8-9-18)13-4-2-3-5-16(13)21-17/h2-7,10H,8-9,18H2,1H3. The van der Waals surface area contributed by atoms with E-state index in [0.717, 1.165) is 28.3 Å². The third-order valence-electron chi connectivity index (χ3n) is 3.42. The van der Waals surface area contributed by atoms with E-state index in [0.29, 0.717) is 12.1 Å². The van der Waals surface area contributed by atoms with Gasteiger partial charge in [-0.05, 0) is 31.7 Å². The van der Waals surface area contributed by atoms with E-state index < -0.39 is 0 Å². The van der Waals surface area contributed by atoms with Crippen molar-refractivity contribution in [1.82, 2.24) is 0 Å². The first-order valence-electron chi connectivity index (χ1n) is 6.89. The Balaban J connectivity index is 2.18. The number of benzene rings is 2. The van der Waals surface area contributed by atoms with Gasteiger partial charge in [-0.1, -0.05) is 36.0 Å². The number of carbonyl (C=O) groups is 1. The molecular weight excluding hydrogens is 280 g/mol. The van der Waals surface area contributed by atoms with Crippen molar-refractivity contribution >= 4 is 28.9 Å². The Hall–Kier alpha value is -1.91. The van der Waals surface area contributed by atoms with E-state index in [1.54, 1.807) is 18.7 Å². The second-order valence-corrected chi connectivity index (χ2v) is 6.02. The quantitative estimate of drug-likeness (QED) is 0.876. The highest BCUT2D eigenvalue weighted by Gasteiger charge is 2.17. The molecule has 4 heteroatoms. The molecule has 3 rings (SSSR count). The second-order valence-electron chi connectivity index (χ2n) is 4.93. The summed E-state index contributed by atoms with van der Waals surface area (Å²) in [4.78, 5) is 18.6. The minimum atomic E-state index is 0.0557. The summed E-state index contributed by atoms with van der Waals surface area (Å²) in [6.07, 6.45) is 0.724. The Kier molecular flexibility index (Phi) is 3.90. The zero-order valence-corrected chi connectivity index (χ0v) is 12.6. The van der Waals surface area contributed by atoms with Gasteiger partial charge in [0, 0.05) is 27.3 Å². The van der Waals surface area contributed by atoms with Crippen molar-refractivity contribution < 1.29 is 4.79 Å². The van der Waals surface area contributed by atoms with Crippen molar-refractivity contribution in [3.05, 3.63) is 53.6 Å². The van der Waals surface area contributed by atoms with Gasteiger partial charge in [-0.2, -0.15) is 0 Å². The number of hydrogen-bond acceptors (Lipinski definition) is 4. The van der Waals surface area contributed by atoms with Crippen molar-refractivity contribution in [2.24, 2.45) is 10.7 Å². The van der Waals surface area contributed by atoms with Crippen LogP contribution >= 0.6 is 11.8 Å². The van der Waals surface area contributed by atoms with Crippen LogP contribution in [0.2, 0.25) is 0 Å². The predicted molar refractivity (Wildman–Crippen MR) is 86.9 cm³/mol. The van der Waals surface area contributed by atoms with Crippen LogP contribution in [0.25, 0.3) is 0 Å². The number of nitrogens with zero attached hydrogens (tertiary/aromatic N) is 1. The molecule has 106 valence electrons. The number of aliphatic imine (C=N–C) groups is 1. The summed E-state index contributed by atoms with van der Waals surface area (Å²) in [5, 5.41) is 0. The number of ketones is 1. The van der Waals surface area contributed by atoms with E-state index >= 15 is 0 Å². The van der Waals surface area contributed by atoms with Crippen LogP contribution in [0.1, 0.15) is 29.3 Å². The van der Waals surface area contributed by atoms with Gasteiger partial charge in [0.1, 0.15) is 0 Å². The molecule has 0 bridgehead atoms. The monoisotopic (exact) mass is 296 g/mol. The third kappa shape index (κ3) is 2.77. The maximum atomic E-state index is 11.6. The summed E-state index contributed by atoms with van der Waals surface area (Å²) >= 11 is 1.69. The molecule has 1 aliphatic heterocycles. The van der Waals surface area contributed by atoms with Crippen LogP contribution in [0.15, 0.2) is 57.2 Å². The van der Waals surface area contributed by atoms with E-state index in [2.05, 4.69) is 12.1 Å². The molecule has 0 saturated heterocycles. The molecule has 2 aromatic carbocycles.